The highest BCUT2D eigenvalue weighted by Crippen LogP contribution is 2.38. The Morgan fingerprint density at radius 3 is 1.84 bits per heavy atom. The second-order valence-electron chi connectivity index (χ2n) is 5.19. The Bertz CT molecular complexity index is 764. The van der Waals surface area contributed by atoms with E-state index in [2.05, 4.69) is 10.9 Å². The summed E-state index contributed by atoms with van der Waals surface area (Å²) >= 11 is 0. The Kier molecular flexibility index (Phi) is 5.84. The standard InChI is InChI=1S/C18H20N2O5/c1-11-6-5-7-12(8-11)17(21)19-20-18(22)13-9-14(23-2)16(25-4)15(10-13)24-3/h5-10H,1-4H3,(H,19,21)(H,20,22). The molecule has 7 nitrogen and oxygen atoms in total. The lowest BCUT2D eigenvalue weighted by molar-refractivity contribution is 0.0846. The van der Waals surface area contributed by atoms with Crippen molar-refractivity contribution in [2.24, 2.45) is 0 Å². The van der Waals surface area contributed by atoms with Crippen molar-refractivity contribution in [2.75, 3.05) is 21.3 Å². The van der Waals surface area contributed by atoms with Gasteiger partial charge < -0.3 is 14.2 Å². The maximum Gasteiger partial charge on any atom is 0.269 e. The van der Waals surface area contributed by atoms with Crippen molar-refractivity contribution in [3.63, 3.8) is 0 Å². The average Bonchev–Trinajstić information content (AvgIpc) is 2.64. The van der Waals surface area contributed by atoms with Gasteiger partial charge in [-0.1, -0.05) is 17.7 Å². The zero-order valence-corrected chi connectivity index (χ0v) is 14.5. The second-order valence-corrected chi connectivity index (χ2v) is 5.19. The van der Waals surface area contributed by atoms with E-state index in [4.69, 9.17) is 14.2 Å². The van der Waals surface area contributed by atoms with E-state index in [-0.39, 0.29) is 5.56 Å². The van der Waals surface area contributed by atoms with E-state index in [1.54, 1.807) is 18.2 Å². The maximum atomic E-state index is 12.3. The number of aryl methyl sites for hydroxylation is 1. The molecular formula is C18H20N2O5. The molecule has 0 bridgehead atoms. The molecular weight excluding hydrogens is 324 g/mol. The normalized spacial score (nSPS) is 9.92. The number of carbonyl (C=O) groups excluding carboxylic acids is 2. The first-order valence-corrected chi connectivity index (χ1v) is 7.47. The summed E-state index contributed by atoms with van der Waals surface area (Å²) < 4.78 is 15.6. The summed E-state index contributed by atoms with van der Waals surface area (Å²) in [6.07, 6.45) is 0. The molecule has 0 heterocycles. The SMILES string of the molecule is COc1cc(C(=O)NNC(=O)c2cccc(C)c2)cc(OC)c1OC. The Morgan fingerprint density at radius 1 is 0.800 bits per heavy atom. The summed E-state index contributed by atoms with van der Waals surface area (Å²) in [5, 5.41) is 0. The van der Waals surface area contributed by atoms with Gasteiger partial charge in [-0.2, -0.15) is 0 Å². The van der Waals surface area contributed by atoms with Crippen LogP contribution in [-0.4, -0.2) is 33.1 Å². The second kappa shape index (κ2) is 8.05. The molecule has 7 heteroatoms. The molecule has 0 unspecified atom stereocenters. The van der Waals surface area contributed by atoms with Crippen LogP contribution in [0.3, 0.4) is 0 Å². The third-order valence-electron chi connectivity index (χ3n) is 3.50. The zero-order valence-electron chi connectivity index (χ0n) is 14.5. The first-order chi connectivity index (χ1) is 12.0. The minimum absolute atomic E-state index is 0.249. The van der Waals surface area contributed by atoms with E-state index in [1.807, 2.05) is 13.0 Å². The van der Waals surface area contributed by atoms with Crippen molar-refractivity contribution in [2.45, 2.75) is 6.92 Å². The number of hydrazine groups is 1. The van der Waals surface area contributed by atoms with Crippen LogP contribution < -0.4 is 25.1 Å². The van der Waals surface area contributed by atoms with E-state index in [1.165, 1.54) is 33.5 Å². The van der Waals surface area contributed by atoms with Gasteiger partial charge in [0.1, 0.15) is 0 Å². The van der Waals surface area contributed by atoms with Gasteiger partial charge in [-0.3, -0.25) is 20.4 Å². The van der Waals surface area contributed by atoms with Crippen LogP contribution in [0.25, 0.3) is 0 Å². The Labute approximate surface area is 145 Å². The van der Waals surface area contributed by atoms with Crippen molar-refractivity contribution in [3.05, 3.63) is 53.1 Å². The molecule has 132 valence electrons. The van der Waals surface area contributed by atoms with Crippen molar-refractivity contribution in [3.8, 4) is 17.2 Å². The third kappa shape index (κ3) is 4.20. The molecule has 0 fully saturated rings. The number of ether oxygens (including phenoxy) is 3. The number of nitrogens with one attached hydrogen (secondary N) is 2. The predicted octanol–water partition coefficient (Wildman–Crippen LogP) is 2.10. The van der Waals surface area contributed by atoms with Gasteiger partial charge in [-0.05, 0) is 31.2 Å². The molecule has 0 saturated carbocycles. The molecule has 2 rings (SSSR count). The molecule has 2 N–H and O–H groups in total. The van der Waals surface area contributed by atoms with E-state index in [0.29, 0.717) is 22.8 Å². The molecule has 0 aliphatic heterocycles. The van der Waals surface area contributed by atoms with Gasteiger partial charge in [0.25, 0.3) is 11.8 Å². The van der Waals surface area contributed by atoms with E-state index >= 15 is 0 Å². The Balaban J connectivity index is 2.14. The number of hydrogen-bond acceptors (Lipinski definition) is 5. The predicted molar refractivity (Wildman–Crippen MR) is 92.2 cm³/mol. The maximum absolute atomic E-state index is 12.3. The molecule has 0 aliphatic carbocycles. The monoisotopic (exact) mass is 344 g/mol. The quantitative estimate of drug-likeness (QED) is 0.811. The van der Waals surface area contributed by atoms with Crippen molar-refractivity contribution >= 4 is 11.8 Å². The minimum Gasteiger partial charge on any atom is -0.493 e. The highest BCUT2D eigenvalue weighted by Gasteiger charge is 2.17. The number of amides is 2. The average molecular weight is 344 g/mol. The van der Waals surface area contributed by atoms with Crippen LogP contribution in [0.4, 0.5) is 0 Å². The third-order valence-corrected chi connectivity index (χ3v) is 3.50. The van der Waals surface area contributed by atoms with Gasteiger partial charge in [-0.15, -0.1) is 0 Å². The highest BCUT2D eigenvalue weighted by molar-refractivity contribution is 5.99. The van der Waals surface area contributed by atoms with E-state index in [0.717, 1.165) is 5.56 Å². The summed E-state index contributed by atoms with van der Waals surface area (Å²) in [6, 6.07) is 10.0. The lowest BCUT2D eigenvalue weighted by Crippen LogP contribution is -2.41. The molecule has 0 radical (unpaired) electrons. The number of methoxy groups -OCH3 is 3. The molecule has 0 aromatic heterocycles. The van der Waals surface area contributed by atoms with Crippen molar-refractivity contribution < 1.29 is 23.8 Å². The van der Waals surface area contributed by atoms with Crippen molar-refractivity contribution in [1.82, 2.24) is 10.9 Å². The molecule has 0 aliphatic rings. The van der Waals surface area contributed by atoms with Crippen LogP contribution in [0, 0.1) is 6.92 Å². The highest BCUT2D eigenvalue weighted by atomic mass is 16.5. The van der Waals surface area contributed by atoms with Gasteiger partial charge in [0.2, 0.25) is 5.75 Å². The van der Waals surface area contributed by atoms with E-state index < -0.39 is 11.8 Å². The molecule has 0 spiro atoms. The number of hydrogen-bond donors (Lipinski definition) is 2. The zero-order chi connectivity index (χ0) is 18.4. The summed E-state index contributed by atoms with van der Waals surface area (Å²) in [5.41, 5.74) is 6.39. The lowest BCUT2D eigenvalue weighted by atomic mass is 10.1. The summed E-state index contributed by atoms with van der Waals surface area (Å²) in [6.45, 7) is 1.88. The summed E-state index contributed by atoms with van der Waals surface area (Å²) in [4.78, 5) is 24.4. The molecule has 2 aromatic rings. The number of rotatable bonds is 5. The number of benzene rings is 2. The van der Waals surface area contributed by atoms with Crippen LogP contribution in [-0.2, 0) is 0 Å². The van der Waals surface area contributed by atoms with Crippen LogP contribution >= 0.6 is 0 Å². The first-order valence-electron chi connectivity index (χ1n) is 7.47. The Morgan fingerprint density at radius 2 is 1.36 bits per heavy atom. The van der Waals surface area contributed by atoms with Gasteiger partial charge in [0.15, 0.2) is 11.5 Å². The lowest BCUT2D eigenvalue weighted by Gasteiger charge is -2.14. The molecule has 2 aromatic carbocycles. The van der Waals surface area contributed by atoms with Gasteiger partial charge >= 0.3 is 0 Å². The molecule has 0 saturated heterocycles. The molecule has 2 amide bonds. The smallest absolute Gasteiger partial charge is 0.269 e. The van der Waals surface area contributed by atoms with Crippen LogP contribution in [0.5, 0.6) is 17.2 Å². The minimum atomic E-state index is -0.514. The van der Waals surface area contributed by atoms with Gasteiger partial charge in [-0.25, -0.2) is 0 Å². The largest absolute Gasteiger partial charge is 0.493 e. The fourth-order valence-electron chi connectivity index (χ4n) is 2.26. The fourth-order valence-corrected chi connectivity index (χ4v) is 2.26. The van der Waals surface area contributed by atoms with Gasteiger partial charge in [0, 0.05) is 11.1 Å². The molecule has 0 atom stereocenters. The van der Waals surface area contributed by atoms with Crippen molar-refractivity contribution in [1.29, 1.82) is 0 Å². The molecule has 25 heavy (non-hydrogen) atoms. The summed E-state index contributed by atoms with van der Waals surface area (Å²) in [7, 11) is 4.39. The summed E-state index contributed by atoms with van der Waals surface area (Å²) in [5.74, 6) is 0.143. The van der Waals surface area contributed by atoms with Crippen LogP contribution in [0.1, 0.15) is 26.3 Å². The fraction of sp³-hybridized carbons (Fsp3) is 0.222. The topological polar surface area (TPSA) is 85.9 Å². The van der Waals surface area contributed by atoms with Crippen LogP contribution in [0.15, 0.2) is 36.4 Å². The van der Waals surface area contributed by atoms with Gasteiger partial charge in [0.05, 0.1) is 21.3 Å². The Hall–Kier alpha value is -3.22. The number of carbonyl (C=O) groups is 2. The first kappa shape index (κ1) is 18.1. The van der Waals surface area contributed by atoms with Crippen LogP contribution in [0.2, 0.25) is 0 Å². The van der Waals surface area contributed by atoms with E-state index in [9.17, 15) is 9.59 Å².